The molecule has 4 nitrogen and oxygen atoms in total. The number of piperidine rings is 1. The monoisotopic (exact) mass is 246 g/mol. The number of anilines is 1. The molecule has 2 aliphatic rings. The van der Waals surface area contributed by atoms with Crippen molar-refractivity contribution in [1.82, 2.24) is 15.5 Å². The van der Waals surface area contributed by atoms with E-state index < -0.39 is 0 Å². The Labute approximate surface area is 109 Å². The van der Waals surface area contributed by atoms with Crippen LogP contribution in [-0.2, 0) is 0 Å². The summed E-state index contributed by atoms with van der Waals surface area (Å²) < 4.78 is 0. The fourth-order valence-electron chi connectivity index (χ4n) is 3.25. The molecule has 0 radical (unpaired) electrons. The fourth-order valence-corrected chi connectivity index (χ4v) is 3.25. The normalized spacial score (nSPS) is 28.6. The second kappa shape index (κ2) is 5.22. The van der Waals surface area contributed by atoms with Crippen molar-refractivity contribution in [3.05, 3.63) is 17.8 Å². The third-order valence-corrected chi connectivity index (χ3v) is 4.19. The lowest BCUT2D eigenvalue weighted by Crippen LogP contribution is -2.50. The SMILES string of the molecule is Cc1ccc(N2CCCCC2C2CCCN2)nn1. The maximum absolute atomic E-state index is 4.37. The van der Waals surface area contributed by atoms with Crippen LogP contribution < -0.4 is 10.2 Å². The van der Waals surface area contributed by atoms with Gasteiger partial charge in [-0.05, 0) is 57.7 Å². The predicted octanol–water partition coefficient (Wildman–Crippen LogP) is 1.90. The lowest BCUT2D eigenvalue weighted by molar-refractivity contribution is 0.375. The van der Waals surface area contributed by atoms with Crippen LogP contribution in [0.4, 0.5) is 5.82 Å². The van der Waals surface area contributed by atoms with Crippen LogP contribution in [0.1, 0.15) is 37.8 Å². The Morgan fingerprint density at radius 1 is 1.17 bits per heavy atom. The smallest absolute Gasteiger partial charge is 0.151 e. The molecule has 1 aromatic heterocycles. The lowest BCUT2D eigenvalue weighted by atomic mass is 9.94. The number of nitrogens with one attached hydrogen (secondary N) is 1. The molecule has 1 N–H and O–H groups in total. The minimum absolute atomic E-state index is 0.609. The van der Waals surface area contributed by atoms with Gasteiger partial charge >= 0.3 is 0 Å². The molecular formula is C14H22N4. The van der Waals surface area contributed by atoms with E-state index in [9.17, 15) is 0 Å². The molecule has 98 valence electrons. The summed E-state index contributed by atoms with van der Waals surface area (Å²) in [6.07, 6.45) is 6.53. The molecule has 2 fully saturated rings. The molecule has 3 heterocycles. The van der Waals surface area contributed by atoms with Crippen molar-refractivity contribution in [3.63, 3.8) is 0 Å². The summed E-state index contributed by atoms with van der Waals surface area (Å²) in [5.41, 5.74) is 0.992. The minimum atomic E-state index is 0.609. The Hall–Kier alpha value is -1.16. The van der Waals surface area contributed by atoms with Crippen LogP contribution in [0, 0.1) is 6.92 Å². The maximum atomic E-state index is 4.37. The molecule has 2 atom stereocenters. The molecule has 0 saturated carbocycles. The summed E-state index contributed by atoms with van der Waals surface area (Å²) >= 11 is 0. The van der Waals surface area contributed by atoms with E-state index in [1.165, 1.54) is 38.6 Å². The van der Waals surface area contributed by atoms with Crippen molar-refractivity contribution < 1.29 is 0 Å². The van der Waals surface area contributed by atoms with Crippen molar-refractivity contribution in [1.29, 1.82) is 0 Å². The maximum Gasteiger partial charge on any atom is 0.151 e. The number of hydrogen-bond acceptors (Lipinski definition) is 4. The zero-order valence-electron chi connectivity index (χ0n) is 11.1. The first-order valence-corrected chi connectivity index (χ1v) is 7.15. The molecule has 3 rings (SSSR count). The molecule has 2 aliphatic heterocycles. The van der Waals surface area contributed by atoms with Gasteiger partial charge in [0.1, 0.15) is 0 Å². The van der Waals surface area contributed by atoms with Gasteiger partial charge in [-0.3, -0.25) is 0 Å². The lowest BCUT2D eigenvalue weighted by Gasteiger charge is -2.39. The minimum Gasteiger partial charge on any atom is -0.351 e. The van der Waals surface area contributed by atoms with E-state index >= 15 is 0 Å². The summed E-state index contributed by atoms with van der Waals surface area (Å²) in [4.78, 5) is 2.47. The largest absolute Gasteiger partial charge is 0.351 e. The van der Waals surface area contributed by atoms with E-state index in [2.05, 4.69) is 32.5 Å². The Balaban J connectivity index is 1.80. The van der Waals surface area contributed by atoms with Gasteiger partial charge in [0.15, 0.2) is 5.82 Å². The summed E-state index contributed by atoms with van der Waals surface area (Å²) in [5, 5.41) is 12.2. The number of aryl methyl sites for hydroxylation is 1. The van der Waals surface area contributed by atoms with Gasteiger partial charge in [0.25, 0.3) is 0 Å². The quantitative estimate of drug-likeness (QED) is 0.865. The van der Waals surface area contributed by atoms with Gasteiger partial charge < -0.3 is 10.2 Å². The molecule has 0 aromatic carbocycles. The molecule has 0 spiro atoms. The van der Waals surface area contributed by atoms with Crippen molar-refractivity contribution in [2.45, 2.75) is 51.1 Å². The van der Waals surface area contributed by atoms with E-state index in [4.69, 9.17) is 0 Å². The molecule has 0 bridgehead atoms. The topological polar surface area (TPSA) is 41.0 Å². The Kier molecular flexibility index (Phi) is 3.46. The van der Waals surface area contributed by atoms with Gasteiger partial charge in [-0.15, -0.1) is 5.10 Å². The number of aromatic nitrogens is 2. The van der Waals surface area contributed by atoms with Crippen LogP contribution in [-0.4, -0.2) is 35.4 Å². The number of rotatable bonds is 2. The van der Waals surface area contributed by atoms with E-state index in [1.807, 2.05) is 6.92 Å². The second-order valence-corrected chi connectivity index (χ2v) is 5.49. The summed E-state index contributed by atoms with van der Waals surface area (Å²) in [5.74, 6) is 1.05. The van der Waals surface area contributed by atoms with Crippen molar-refractivity contribution >= 4 is 5.82 Å². The highest BCUT2D eigenvalue weighted by Gasteiger charge is 2.32. The van der Waals surface area contributed by atoms with Gasteiger partial charge in [-0.25, -0.2) is 0 Å². The van der Waals surface area contributed by atoms with Crippen LogP contribution >= 0.6 is 0 Å². The molecule has 18 heavy (non-hydrogen) atoms. The van der Waals surface area contributed by atoms with Crippen LogP contribution in [0.25, 0.3) is 0 Å². The molecule has 0 amide bonds. The van der Waals surface area contributed by atoms with Gasteiger partial charge in [-0.2, -0.15) is 5.10 Å². The molecular weight excluding hydrogens is 224 g/mol. The molecule has 2 saturated heterocycles. The van der Waals surface area contributed by atoms with Crippen LogP contribution in [0.3, 0.4) is 0 Å². The Bertz CT molecular complexity index is 383. The summed E-state index contributed by atoms with van der Waals surface area (Å²) in [6.45, 7) is 4.29. The van der Waals surface area contributed by atoms with Gasteiger partial charge in [0.2, 0.25) is 0 Å². The van der Waals surface area contributed by atoms with E-state index in [0.717, 1.165) is 18.1 Å². The zero-order valence-corrected chi connectivity index (χ0v) is 11.1. The highest BCUT2D eigenvalue weighted by molar-refractivity contribution is 5.40. The first-order chi connectivity index (χ1) is 8.84. The average Bonchev–Trinajstić information content (AvgIpc) is 2.93. The van der Waals surface area contributed by atoms with E-state index in [1.54, 1.807) is 0 Å². The molecule has 2 unspecified atom stereocenters. The summed E-state index contributed by atoms with van der Waals surface area (Å²) in [6, 6.07) is 5.44. The highest BCUT2D eigenvalue weighted by Crippen LogP contribution is 2.27. The standard InChI is InChI=1S/C14H22N4/c1-11-7-8-14(17-16-11)18-10-3-2-6-13(18)12-5-4-9-15-12/h7-8,12-13,15H,2-6,9-10H2,1H3. The third-order valence-electron chi connectivity index (χ3n) is 4.19. The van der Waals surface area contributed by atoms with Crippen molar-refractivity contribution in [3.8, 4) is 0 Å². The second-order valence-electron chi connectivity index (χ2n) is 5.49. The van der Waals surface area contributed by atoms with E-state index in [0.29, 0.717) is 12.1 Å². The van der Waals surface area contributed by atoms with Crippen molar-refractivity contribution in [2.24, 2.45) is 0 Å². The highest BCUT2D eigenvalue weighted by atomic mass is 15.3. The first kappa shape index (κ1) is 11.9. The molecule has 4 heteroatoms. The van der Waals surface area contributed by atoms with Gasteiger partial charge in [0.05, 0.1) is 5.69 Å². The summed E-state index contributed by atoms with van der Waals surface area (Å²) in [7, 11) is 0. The Morgan fingerprint density at radius 3 is 2.83 bits per heavy atom. The van der Waals surface area contributed by atoms with Crippen LogP contribution in [0.5, 0.6) is 0 Å². The molecule has 1 aromatic rings. The first-order valence-electron chi connectivity index (χ1n) is 7.15. The predicted molar refractivity (Wildman–Crippen MR) is 72.8 cm³/mol. The Morgan fingerprint density at radius 2 is 2.11 bits per heavy atom. The zero-order chi connectivity index (χ0) is 12.4. The van der Waals surface area contributed by atoms with E-state index in [-0.39, 0.29) is 0 Å². The number of nitrogens with zero attached hydrogens (tertiary/aromatic N) is 3. The average molecular weight is 246 g/mol. The van der Waals surface area contributed by atoms with Gasteiger partial charge in [-0.1, -0.05) is 0 Å². The fraction of sp³-hybridized carbons (Fsp3) is 0.714. The van der Waals surface area contributed by atoms with Crippen molar-refractivity contribution in [2.75, 3.05) is 18.0 Å². The number of hydrogen-bond donors (Lipinski definition) is 1. The van der Waals surface area contributed by atoms with Gasteiger partial charge in [0, 0.05) is 18.6 Å². The third kappa shape index (κ3) is 2.34. The van der Waals surface area contributed by atoms with Crippen LogP contribution in [0.15, 0.2) is 12.1 Å². The molecule has 0 aliphatic carbocycles. The van der Waals surface area contributed by atoms with Crippen LogP contribution in [0.2, 0.25) is 0 Å².